The normalized spacial score (nSPS) is 13.0. The highest BCUT2D eigenvalue weighted by atomic mass is 16.5. The zero-order valence-corrected chi connectivity index (χ0v) is 11.1. The highest BCUT2D eigenvalue weighted by Crippen LogP contribution is 2.22. The first-order valence-corrected chi connectivity index (χ1v) is 5.65. The number of carbonyl (C=O) groups excluding carboxylic acids is 1. The maximum absolute atomic E-state index is 11.2. The van der Waals surface area contributed by atoms with Crippen molar-refractivity contribution in [3.05, 3.63) is 23.9 Å². The van der Waals surface area contributed by atoms with Crippen LogP contribution in [0.2, 0.25) is 0 Å². The van der Waals surface area contributed by atoms with E-state index in [0.29, 0.717) is 5.82 Å². The highest BCUT2D eigenvalue weighted by Gasteiger charge is 2.15. The van der Waals surface area contributed by atoms with E-state index in [4.69, 9.17) is 0 Å². The Bertz CT molecular complexity index is 379. The van der Waals surface area contributed by atoms with Crippen molar-refractivity contribution in [2.75, 3.05) is 12.4 Å². The monoisotopic (exact) mass is 236 g/mol. The van der Waals surface area contributed by atoms with E-state index in [1.165, 1.54) is 7.11 Å². The standard InChI is InChI=1S/C13H20N2O2/c1-9(12(16)17-5)15-11-7-6-10(8-14-11)13(2,3)4/h6-9H,1-5H3,(H,14,15). The Hall–Kier alpha value is -1.58. The minimum absolute atomic E-state index is 0.0828. The molecule has 0 aliphatic rings. The van der Waals surface area contributed by atoms with Gasteiger partial charge in [-0.05, 0) is 24.0 Å². The first-order chi connectivity index (χ1) is 7.84. The zero-order valence-electron chi connectivity index (χ0n) is 11.1. The third-order valence-corrected chi connectivity index (χ3v) is 2.55. The number of ether oxygens (including phenoxy) is 1. The summed E-state index contributed by atoms with van der Waals surface area (Å²) in [5.41, 5.74) is 1.24. The third kappa shape index (κ3) is 3.73. The molecule has 1 heterocycles. The average Bonchev–Trinajstić information content (AvgIpc) is 2.27. The number of anilines is 1. The van der Waals surface area contributed by atoms with Crippen LogP contribution >= 0.6 is 0 Å². The molecule has 4 nitrogen and oxygen atoms in total. The smallest absolute Gasteiger partial charge is 0.328 e. The summed E-state index contributed by atoms with van der Waals surface area (Å²) >= 11 is 0. The van der Waals surface area contributed by atoms with Crippen molar-refractivity contribution in [3.8, 4) is 0 Å². The van der Waals surface area contributed by atoms with Gasteiger partial charge in [-0.3, -0.25) is 0 Å². The van der Waals surface area contributed by atoms with Crippen LogP contribution in [0.5, 0.6) is 0 Å². The van der Waals surface area contributed by atoms with E-state index in [2.05, 4.69) is 35.8 Å². The van der Waals surface area contributed by atoms with Gasteiger partial charge in [0, 0.05) is 6.20 Å². The summed E-state index contributed by atoms with van der Waals surface area (Å²) < 4.78 is 4.63. The number of nitrogens with zero attached hydrogens (tertiary/aromatic N) is 1. The van der Waals surface area contributed by atoms with Crippen LogP contribution in [0, 0.1) is 0 Å². The number of esters is 1. The number of aromatic nitrogens is 1. The van der Waals surface area contributed by atoms with Gasteiger partial charge in [0.2, 0.25) is 0 Å². The molecule has 1 N–H and O–H groups in total. The topological polar surface area (TPSA) is 51.2 Å². The predicted octanol–water partition coefficient (Wildman–Crippen LogP) is 2.35. The second-order valence-electron chi connectivity index (χ2n) is 5.07. The molecule has 0 amide bonds. The summed E-state index contributed by atoms with van der Waals surface area (Å²) in [5, 5.41) is 2.99. The summed E-state index contributed by atoms with van der Waals surface area (Å²) in [4.78, 5) is 15.5. The molecule has 0 saturated heterocycles. The molecule has 1 aromatic rings. The van der Waals surface area contributed by atoms with Gasteiger partial charge in [-0.15, -0.1) is 0 Å². The Morgan fingerprint density at radius 1 is 1.41 bits per heavy atom. The van der Waals surface area contributed by atoms with Crippen LogP contribution in [-0.4, -0.2) is 24.1 Å². The SMILES string of the molecule is COC(=O)C(C)Nc1ccc(C(C)(C)C)cn1. The molecule has 94 valence electrons. The molecule has 0 bridgehead atoms. The first kappa shape index (κ1) is 13.5. The molecular weight excluding hydrogens is 216 g/mol. The van der Waals surface area contributed by atoms with E-state index in [1.807, 2.05) is 18.3 Å². The van der Waals surface area contributed by atoms with Gasteiger partial charge < -0.3 is 10.1 Å². The molecule has 4 heteroatoms. The molecule has 0 radical (unpaired) electrons. The van der Waals surface area contributed by atoms with Crippen LogP contribution in [0.15, 0.2) is 18.3 Å². The minimum Gasteiger partial charge on any atom is -0.467 e. The molecule has 1 rings (SSSR count). The zero-order chi connectivity index (χ0) is 13.1. The predicted molar refractivity (Wildman–Crippen MR) is 68.0 cm³/mol. The molecule has 0 spiro atoms. The van der Waals surface area contributed by atoms with Gasteiger partial charge in [-0.1, -0.05) is 26.8 Å². The average molecular weight is 236 g/mol. The molecule has 1 atom stereocenters. The van der Waals surface area contributed by atoms with E-state index < -0.39 is 6.04 Å². The fourth-order valence-corrected chi connectivity index (χ4v) is 1.38. The lowest BCUT2D eigenvalue weighted by Gasteiger charge is -2.19. The van der Waals surface area contributed by atoms with E-state index in [0.717, 1.165) is 5.56 Å². The number of hydrogen-bond donors (Lipinski definition) is 1. The van der Waals surface area contributed by atoms with E-state index >= 15 is 0 Å². The van der Waals surface area contributed by atoms with Crippen LogP contribution in [0.3, 0.4) is 0 Å². The molecular formula is C13H20N2O2. The quantitative estimate of drug-likeness (QED) is 0.818. The Kier molecular flexibility index (Phi) is 4.10. The lowest BCUT2D eigenvalue weighted by atomic mass is 9.88. The number of hydrogen-bond acceptors (Lipinski definition) is 4. The van der Waals surface area contributed by atoms with E-state index in [1.54, 1.807) is 6.92 Å². The number of carbonyl (C=O) groups is 1. The first-order valence-electron chi connectivity index (χ1n) is 5.65. The van der Waals surface area contributed by atoms with Gasteiger partial charge in [0.05, 0.1) is 7.11 Å². The lowest BCUT2D eigenvalue weighted by molar-refractivity contribution is -0.141. The minimum atomic E-state index is -0.395. The lowest BCUT2D eigenvalue weighted by Crippen LogP contribution is -2.27. The maximum Gasteiger partial charge on any atom is 0.328 e. The van der Waals surface area contributed by atoms with Crippen molar-refractivity contribution in [2.24, 2.45) is 0 Å². The van der Waals surface area contributed by atoms with Gasteiger partial charge in [0.25, 0.3) is 0 Å². The van der Waals surface area contributed by atoms with E-state index in [-0.39, 0.29) is 11.4 Å². The Labute approximate surface area is 102 Å². The summed E-state index contributed by atoms with van der Waals surface area (Å²) in [6.45, 7) is 8.14. The van der Waals surface area contributed by atoms with Crippen molar-refractivity contribution in [2.45, 2.75) is 39.2 Å². The van der Waals surface area contributed by atoms with Crippen molar-refractivity contribution in [3.63, 3.8) is 0 Å². The highest BCUT2D eigenvalue weighted by molar-refractivity contribution is 5.78. The van der Waals surface area contributed by atoms with Crippen molar-refractivity contribution in [1.82, 2.24) is 4.98 Å². The Morgan fingerprint density at radius 3 is 2.47 bits per heavy atom. The summed E-state index contributed by atoms with van der Waals surface area (Å²) in [7, 11) is 1.37. The Morgan fingerprint density at radius 2 is 2.06 bits per heavy atom. The van der Waals surface area contributed by atoms with Gasteiger partial charge >= 0.3 is 5.97 Å². The van der Waals surface area contributed by atoms with Gasteiger partial charge in [0.15, 0.2) is 0 Å². The summed E-state index contributed by atoms with van der Waals surface area (Å²) in [5.74, 6) is 0.377. The van der Waals surface area contributed by atoms with Crippen LogP contribution in [0.4, 0.5) is 5.82 Å². The van der Waals surface area contributed by atoms with Gasteiger partial charge in [-0.2, -0.15) is 0 Å². The molecule has 17 heavy (non-hydrogen) atoms. The van der Waals surface area contributed by atoms with Gasteiger partial charge in [-0.25, -0.2) is 9.78 Å². The Balaban J connectivity index is 2.72. The second kappa shape index (κ2) is 5.17. The molecule has 1 unspecified atom stereocenters. The van der Waals surface area contributed by atoms with E-state index in [9.17, 15) is 4.79 Å². The molecule has 0 fully saturated rings. The number of methoxy groups -OCH3 is 1. The van der Waals surface area contributed by atoms with Crippen molar-refractivity contribution < 1.29 is 9.53 Å². The fourth-order valence-electron chi connectivity index (χ4n) is 1.38. The maximum atomic E-state index is 11.2. The fraction of sp³-hybridized carbons (Fsp3) is 0.538. The second-order valence-corrected chi connectivity index (χ2v) is 5.07. The number of rotatable bonds is 3. The van der Waals surface area contributed by atoms with Crippen LogP contribution in [0.1, 0.15) is 33.3 Å². The summed E-state index contributed by atoms with van der Waals surface area (Å²) in [6, 6.07) is 3.49. The largest absolute Gasteiger partial charge is 0.467 e. The third-order valence-electron chi connectivity index (χ3n) is 2.55. The van der Waals surface area contributed by atoms with Crippen LogP contribution in [0.25, 0.3) is 0 Å². The number of pyridine rings is 1. The van der Waals surface area contributed by atoms with Gasteiger partial charge in [0.1, 0.15) is 11.9 Å². The molecule has 0 saturated carbocycles. The summed E-state index contributed by atoms with van der Waals surface area (Å²) in [6.07, 6.45) is 1.83. The molecule has 0 aliphatic heterocycles. The molecule has 1 aromatic heterocycles. The van der Waals surface area contributed by atoms with Crippen LogP contribution in [-0.2, 0) is 14.9 Å². The van der Waals surface area contributed by atoms with Crippen LogP contribution < -0.4 is 5.32 Å². The van der Waals surface area contributed by atoms with Crippen molar-refractivity contribution in [1.29, 1.82) is 0 Å². The molecule has 0 aliphatic carbocycles. The van der Waals surface area contributed by atoms with Crippen molar-refractivity contribution >= 4 is 11.8 Å². The molecule has 0 aromatic carbocycles. The number of nitrogens with one attached hydrogen (secondary N) is 1.